The molecule has 0 aromatic carbocycles. The molecule has 114 valence electrons. The highest BCUT2D eigenvalue weighted by Crippen LogP contribution is 2.29. The van der Waals surface area contributed by atoms with Gasteiger partial charge in [-0.05, 0) is 6.42 Å². The molecule has 1 aromatic heterocycles. The number of nitrogen functional groups attached to an aromatic ring is 1. The third kappa shape index (κ3) is 4.82. The van der Waals surface area contributed by atoms with Crippen LogP contribution >= 0.6 is 0 Å². The molecule has 1 aromatic rings. The monoisotopic (exact) mass is 293 g/mol. The van der Waals surface area contributed by atoms with Crippen molar-refractivity contribution in [2.24, 2.45) is 5.84 Å². The van der Waals surface area contributed by atoms with Gasteiger partial charge in [0.25, 0.3) is 0 Å². The average Bonchev–Trinajstić information content (AvgIpc) is 2.38. The number of halogens is 3. The van der Waals surface area contributed by atoms with E-state index in [0.29, 0.717) is 6.61 Å². The summed E-state index contributed by atoms with van der Waals surface area (Å²) in [5, 5.41) is 2.90. The second kappa shape index (κ2) is 7.25. The van der Waals surface area contributed by atoms with Crippen molar-refractivity contribution in [3.05, 3.63) is 11.8 Å². The molecule has 0 radical (unpaired) electrons. The summed E-state index contributed by atoms with van der Waals surface area (Å²) in [7, 11) is 1.53. The number of aromatic nitrogens is 2. The van der Waals surface area contributed by atoms with Gasteiger partial charge in [0.15, 0.2) is 5.69 Å². The first-order valence-electron chi connectivity index (χ1n) is 6.09. The van der Waals surface area contributed by atoms with Crippen LogP contribution in [0.25, 0.3) is 0 Å². The number of nitrogens with one attached hydrogen (secondary N) is 2. The van der Waals surface area contributed by atoms with E-state index in [0.717, 1.165) is 18.9 Å². The molecule has 1 rings (SSSR count). The first-order chi connectivity index (χ1) is 9.40. The molecular formula is C11H18F3N5O. The second-order valence-corrected chi connectivity index (χ2v) is 4.19. The summed E-state index contributed by atoms with van der Waals surface area (Å²) in [6.45, 7) is 2.34. The van der Waals surface area contributed by atoms with Gasteiger partial charge in [0.2, 0.25) is 5.95 Å². The number of hydrogen-bond acceptors (Lipinski definition) is 6. The van der Waals surface area contributed by atoms with Crippen LogP contribution in [0.1, 0.15) is 25.5 Å². The van der Waals surface area contributed by atoms with Crippen LogP contribution in [0.5, 0.6) is 0 Å². The minimum atomic E-state index is -4.56. The van der Waals surface area contributed by atoms with E-state index in [1.807, 2.05) is 12.3 Å². The number of ether oxygens (including phenoxy) is 1. The SMILES string of the molecule is CCCC(COC)Nc1cc(C(F)(F)F)nc(NN)n1. The molecule has 0 bridgehead atoms. The van der Waals surface area contributed by atoms with Crippen LogP contribution < -0.4 is 16.6 Å². The summed E-state index contributed by atoms with van der Waals surface area (Å²) >= 11 is 0. The topological polar surface area (TPSA) is 85.1 Å². The third-order valence-corrected chi connectivity index (χ3v) is 2.50. The van der Waals surface area contributed by atoms with Gasteiger partial charge in [-0.15, -0.1) is 0 Å². The van der Waals surface area contributed by atoms with Crippen molar-refractivity contribution in [3.8, 4) is 0 Å². The fourth-order valence-electron chi connectivity index (χ4n) is 1.69. The highest BCUT2D eigenvalue weighted by molar-refractivity contribution is 5.43. The molecule has 1 atom stereocenters. The molecule has 0 aliphatic carbocycles. The number of hydrazine groups is 1. The summed E-state index contributed by atoms with van der Waals surface area (Å²) in [6.07, 6.45) is -2.96. The largest absolute Gasteiger partial charge is 0.433 e. The van der Waals surface area contributed by atoms with E-state index in [2.05, 4.69) is 15.3 Å². The maximum atomic E-state index is 12.7. The molecule has 1 heterocycles. The minimum Gasteiger partial charge on any atom is -0.383 e. The third-order valence-electron chi connectivity index (χ3n) is 2.50. The van der Waals surface area contributed by atoms with Crippen molar-refractivity contribution in [1.29, 1.82) is 0 Å². The Kier molecular flexibility index (Phi) is 5.96. The Morgan fingerprint density at radius 2 is 2.10 bits per heavy atom. The standard InChI is InChI=1S/C11H18F3N5O/c1-3-4-7(6-20-2)16-9-5-8(11(12,13)14)17-10(18-9)19-15/h5,7H,3-4,6,15H2,1-2H3,(H2,16,17,18,19). The van der Waals surface area contributed by atoms with E-state index in [9.17, 15) is 13.2 Å². The number of anilines is 2. The fourth-order valence-corrected chi connectivity index (χ4v) is 1.69. The molecular weight excluding hydrogens is 275 g/mol. The van der Waals surface area contributed by atoms with Crippen LogP contribution in [-0.4, -0.2) is 29.7 Å². The zero-order valence-corrected chi connectivity index (χ0v) is 11.3. The van der Waals surface area contributed by atoms with Crippen LogP contribution in [0.2, 0.25) is 0 Å². The number of nitrogens with two attached hydrogens (primary N) is 1. The molecule has 0 aliphatic heterocycles. The number of hydrogen-bond donors (Lipinski definition) is 3. The minimum absolute atomic E-state index is 0.0516. The van der Waals surface area contributed by atoms with Crippen molar-refractivity contribution in [2.45, 2.75) is 32.0 Å². The van der Waals surface area contributed by atoms with Crippen molar-refractivity contribution in [2.75, 3.05) is 24.5 Å². The van der Waals surface area contributed by atoms with Crippen molar-refractivity contribution in [1.82, 2.24) is 9.97 Å². The lowest BCUT2D eigenvalue weighted by molar-refractivity contribution is -0.141. The summed E-state index contributed by atoms with van der Waals surface area (Å²) in [5.41, 5.74) is 0.964. The molecule has 20 heavy (non-hydrogen) atoms. The lowest BCUT2D eigenvalue weighted by atomic mass is 10.2. The Labute approximate surface area is 114 Å². The molecule has 0 saturated heterocycles. The Hall–Kier alpha value is -1.61. The summed E-state index contributed by atoms with van der Waals surface area (Å²) in [4.78, 5) is 7.13. The van der Waals surface area contributed by atoms with Crippen molar-refractivity contribution >= 4 is 11.8 Å². The molecule has 1 unspecified atom stereocenters. The Morgan fingerprint density at radius 1 is 1.40 bits per heavy atom. The lowest BCUT2D eigenvalue weighted by Crippen LogP contribution is -2.26. The average molecular weight is 293 g/mol. The summed E-state index contributed by atoms with van der Waals surface area (Å²) in [5.74, 6) is 4.84. The van der Waals surface area contributed by atoms with Crippen LogP contribution in [-0.2, 0) is 10.9 Å². The predicted molar refractivity (Wildman–Crippen MR) is 69.0 cm³/mol. The molecule has 0 amide bonds. The van der Waals surface area contributed by atoms with Crippen molar-refractivity contribution < 1.29 is 17.9 Å². The van der Waals surface area contributed by atoms with Crippen molar-refractivity contribution in [3.63, 3.8) is 0 Å². The van der Waals surface area contributed by atoms with E-state index in [1.165, 1.54) is 7.11 Å². The molecule has 4 N–H and O–H groups in total. The predicted octanol–water partition coefficient (Wildman–Crippen LogP) is 2.01. The highest BCUT2D eigenvalue weighted by atomic mass is 19.4. The van der Waals surface area contributed by atoms with Gasteiger partial charge in [0, 0.05) is 13.2 Å². The van der Waals surface area contributed by atoms with Gasteiger partial charge < -0.3 is 10.1 Å². The Morgan fingerprint density at radius 3 is 2.60 bits per heavy atom. The summed E-state index contributed by atoms with van der Waals surface area (Å²) in [6, 6.07) is 0.714. The zero-order chi connectivity index (χ0) is 15.2. The Balaban J connectivity index is 2.98. The van der Waals surface area contributed by atoms with Gasteiger partial charge in [-0.1, -0.05) is 13.3 Å². The van der Waals surface area contributed by atoms with E-state index in [-0.39, 0.29) is 17.8 Å². The van der Waals surface area contributed by atoms with Gasteiger partial charge in [-0.2, -0.15) is 18.2 Å². The zero-order valence-electron chi connectivity index (χ0n) is 11.3. The maximum absolute atomic E-state index is 12.7. The van der Waals surface area contributed by atoms with E-state index in [4.69, 9.17) is 10.6 Å². The smallest absolute Gasteiger partial charge is 0.383 e. The first kappa shape index (κ1) is 16.4. The van der Waals surface area contributed by atoms with Crippen LogP contribution in [0.15, 0.2) is 6.07 Å². The van der Waals surface area contributed by atoms with Gasteiger partial charge in [0.05, 0.1) is 12.6 Å². The molecule has 0 aliphatic rings. The number of rotatable bonds is 7. The maximum Gasteiger partial charge on any atom is 0.433 e. The molecule has 0 spiro atoms. The van der Waals surface area contributed by atoms with Crippen LogP contribution in [0.3, 0.4) is 0 Å². The second-order valence-electron chi connectivity index (χ2n) is 4.19. The molecule has 9 heteroatoms. The van der Waals surface area contributed by atoms with Gasteiger partial charge in [-0.25, -0.2) is 10.8 Å². The first-order valence-corrected chi connectivity index (χ1v) is 6.09. The van der Waals surface area contributed by atoms with Crippen LogP contribution in [0.4, 0.5) is 24.9 Å². The lowest BCUT2D eigenvalue weighted by Gasteiger charge is -2.19. The quantitative estimate of drug-likeness (QED) is 0.527. The number of nitrogens with zero attached hydrogens (tertiary/aromatic N) is 2. The Bertz CT molecular complexity index is 421. The van der Waals surface area contributed by atoms with E-state index in [1.54, 1.807) is 0 Å². The fraction of sp³-hybridized carbons (Fsp3) is 0.636. The van der Waals surface area contributed by atoms with Gasteiger partial charge in [-0.3, -0.25) is 5.43 Å². The van der Waals surface area contributed by atoms with Gasteiger partial charge >= 0.3 is 6.18 Å². The summed E-state index contributed by atoms with van der Waals surface area (Å²) < 4.78 is 43.1. The molecule has 0 saturated carbocycles. The number of alkyl halides is 3. The number of methoxy groups -OCH3 is 1. The van der Waals surface area contributed by atoms with E-state index >= 15 is 0 Å². The highest BCUT2D eigenvalue weighted by Gasteiger charge is 2.33. The molecule has 6 nitrogen and oxygen atoms in total. The normalized spacial score (nSPS) is 13.1. The van der Waals surface area contributed by atoms with Crippen LogP contribution in [0, 0.1) is 0 Å². The van der Waals surface area contributed by atoms with E-state index < -0.39 is 11.9 Å². The van der Waals surface area contributed by atoms with Gasteiger partial charge in [0.1, 0.15) is 5.82 Å². The molecule has 0 fully saturated rings.